The number of phenolic OH excluding ortho intramolecular Hbond substituents is 2. The predicted octanol–water partition coefficient (Wildman–Crippen LogP) is 2.60. The van der Waals surface area contributed by atoms with E-state index >= 15 is 0 Å². The molecule has 90 valence electrons. The van der Waals surface area contributed by atoms with Crippen molar-refractivity contribution < 1.29 is 15.0 Å². The first-order chi connectivity index (χ1) is 8.13. The summed E-state index contributed by atoms with van der Waals surface area (Å²) < 4.78 is 0. The molecule has 1 aromatic rings. The number of ketones is 1. The molecule has 0 saturated heterocycles. The van der Waals surface area contributed by atoms with Crippen molar-refractivity contribution in [3.05, 3.63) is 23.8 Å². The zero-order chi connectivity index (χ0) is 12.7. The summed E-state index contributed by atoms with van der Waals surface area (Å²) in [5.41, 5.74) is 0.518. The summed E-state index contributed by atoms with van der Waals surface area (Å²) in [6, 6.07) is 4.24. The van der Waals surface area contributed by atoms with Crippen molar-refractivity contribution in [3.63, 3.8) is 0 Å². The van der Waals surface area contributed by atoms with Crippen molar-refractivity contribution in [2.75, 3.05) is 0 Å². The van der Waals surface area contributed by atoms with Crippen molar-refractivity contribution in [1.82, 2.24) is 0 Å². The van der Waals surface area contributed by atoms with Crippen molar-refractivity contribution in [3.8, 4) is 23.3 Å². The van der Waals surface area contributed by atoms with Gasteiger partial charge in [0.15, 0.2) is 11.5 Å². The highest BCUT2D eigenvalue weighted by Crippen LogP contribution is 2.24. The van der Waals surface area contributed by atoms with Gasteiger partial charge in [-0.2, -0.15) is 0 Å². The van der Waals surface area contributed by atoms with Crippen molar-refractivity contribution in [1.29, 1.82) is 0 Å². The van der Waals surface area contributed by atoms with Crippen LogP contribution in [0.25, 0.3) is 0 Å². The Balaban J connectivity index is 2.58. The van der Waals surface area contributed by atoms with E-state index in [1.807, 2.05) is 0 Å². The van der Waals surface area contributed by atoms with E-state index in [1.165, 1.54) is 12.1 Å². The van der Waals surface area contributed by atoms with E-state index in [2.05, 4.69) is 18.8 Å². The molecule has 2 N–H and O–H groups in total. The Morgan fingerprint density at radius 1 is 1.24 bits per heavy atom. The van der Waals surface area contributed by atoms with Crippen LogP contribution in [0.1, 0.15) is 38.2 Å². The molecular formula is C14H16O3. The molecule has 0 saturated carbocycles. The Hall–Kier alpha value is -1.95. The van der Waals surface area contributed by atoms with Gasteiger partial charge in [-0.05, 0) is 30.5 Å². The molecule has 1 rings (SSSR count). The zero-order valence-corrected chi connectivity index (χ0v) is 9.86. The van der Waals surface area contributed by atoms with Gasteiger partial charge in [0, 0.05) is 12.0 Å². The van der Waals surface area contributed by atoms with Crippen LogP contribution in [-0.4, -0.2) is 16.0 Å². The summed E-state index contributed by atoms with van der Waals surface area (Å²) in [6.07, 6.45) is 3.45. The fourth-order valence-electron chi connectivity index (χ4n) is 1.34. The van der Waals surface area contributed by atoms with Crippen LogP contribution in [0.3, 0.4) is 0 Å². The summed E-state index contributed by atoms with van der Waals surface area (Å²) in [5.74, 6) is 4.68. The van der Waals surface area contributed by atoms with Crippen molar-refractivity contribution in [2.24, 2.45) is 0 Å². The smallest absolute Gasteiger partial charge is 0.205 e. The fraction of sp³-hybridized carbons (Fsp3) is 0.357. The molecule has 17 heavy (non-hydrogen) atoms. The zero-order valence-electron chi connectivity index (χ0n) is 9.86. The van der Waals surface area contributed by atoms with Gasteiger partial charge in [0.05, 0.1) is 0 Å². The van der Waals surface area contributed by atoms with Gasteiger partial charge in [0.25, 0.3) is 0 Å². The fourth-order valence-corrected chi connectivity index (χ4v) is 1.34. The average molecular weight is 232 g/mol. The van der Waals surface area contributed by atoms with Gasteiger partial charge in [-0.3, -0.25) is 4.79 Å². The summed E-state index contributed by atoms with van der Waals surface area (Å²) in [5, 5.41) is 18.3. The first-order valence-electron chi connectivity index (χ1n) is 5.70. The van der Waals surface area contributed by atoms with E-state index in [4.69, 9.17) is 5.11 Å². The molecule has 0 spiro atoms. The third kappa shape index (κ3) is 4.60. The Bertz CT molecular complexity index is 452. The lowest BCUT2D eigenvalue weighted by Crippen LogP contribution is -1.92. The Morgan fingerprint density at radius 3 is 2.65 bits per heavy atom. The van der Waals surface area contributed by atoms with E-state index in [1.54, 1.807) is 6.07 Å². The van der Waals surface area contributed by atoms with Gasteiger partial charge in [-0.25, -0.2) is 0 Å². The largest absolute Gasteiger partial charge is 0.504 e. The lowest BCUT2D eigenvalue weighted by molar-refractivity contribution is -0.113. The van der Waals surface area contributed by atoms with Gasteiger partial charge < -0.3 is 10.2 Å². The molecule has 0 heterocycles. The maximum Gasteiger partial charge on any atom is 0.205 e. The van der Waals surface area contributed by atoms with E-state index in [9.17, 15) is 9.90 Å². The van der Waals surface area contributed by atoms with Gasteiger partial charge in [0.1, 0.15) is 0 Å². The normalized spacial score (nSPS) is 9.47. The maximum absolute atomic E-state index is 11.4. The lowest BCUT2D eigenvalue weighted by atomic mass is 10.1. The summed E-state index contributed by atoms with van der Waals surface area (Å²) in [6.45, 7) is 2.08. The molecule has 0 radical (unpaired) electrons. The Labute approximate surface area is 101 Å². The first-order valence-corrected chi connectivity index (χ1v) is 5.70. The molecule has 0 aliphatic carbocycles. The van der Waals surface area contributed by atoms with E-state index in [0.717, 1.165) is 19.3 Å². The van der Waals surface area contributed by atoms with Crippen LogP contribution in [0.4, 0.5) is 0 Å². The molecule has 0 aromatic heterocycles. The van der Waals surface area contributed by atoms with E-state index < -0.39 is 0 Å². The minimum absolute atomic E-state index is 0.0917. The molecule has 0 fully saturated rings. The Morgan fingerprint density at radius 2 is 2.00 bits per heavy atom. The molecule has 0 atom stereocenters. The van der Waals surface area contributed by atoms with Gasteiger partial charge in [-0.15, -0.1) is 0 Å². The molecule has 3 heteroatoms. The molecule has 0 bridgehead atoms. The van der Waals surface area contributed by atoms with E-state index in [-0.39, 0.29) is 17.3 Å². The Kier molecular flexibility index (Phi) is 5.09. The standard InChI is InChI=1S/C14H16O3/c1-2-3-4-5-12(15)8-6-11-7-9-13(16)14(17)10-11/h7,9-10,16-17H,2-5H2,1H3. The number of Topliss-reactive ketones (excluding diaryl/α,β-unsaturated/α-hetero) is 1. The van der Waals surface area contributed by atoms with Crippen LogP contribution in [0.2, 0.25) is 0 Å². The van der Waals surface area contributed by atoms with Gasteiger partial charge in [0.2, 0.25) is 5.78 Å². The van der Waals surface area contributed by atoms with Gasteiger partial charge in [-0.1, -0.05) is 25.7 Å². The second-order valence-electron chi connectivity index (χ2n) is 3.83. The van der Waals surface area contributed by atoms with E-state index in [0.29, 0.717) is 12.0 Å². The quantitative estimate of drug-likeness (QED) is 0.476. The number of rotatable bonds is 4. The van der Waals surface area contributed by atoms with Crippen LogP contribution in [0.15, 0.2) is 18.2 Å². The maximum atomic E-state index is 11.4. The molecule has 1 aromatic carbocycles. The summed E-state index contributed by atoms with van der Waals surface area (Å²) in [7, 11) is 0. The number of carbonyl (C=O) groups excluding carboxylic acids is 1. The highest BCUT2D eigenvalue weighted by atomic mass is 16.3. The number of benzene rings is 1. The number of unbranched alkanes of at least 4 members (excludes halogenated alkanes) is 2. The predicted molar refractivity (Wildman–Crippen MR) is 65.8 cm³/mol. The third-order valence-corrected chi connectivity index (χ3v) is 2.33. The molecule has 0 unspecified atom stereocenters. The molecule has 3 nitrogen and oxygen atoms in total. The first kappa shape index (κ1) is 13.1. The molecule has 0 amide bonds. The van der Waals surface area contributed by atoms with Gasteiger partial charge >= 0.3 is 0 Å². The number of hydrogen-bond acceptors (Lipinski definition) is 3. The number of hydrogen-bond donors (Lipinski definition) is 2. The summed E-state index contributed by atoms with van der Waals surface area (Å²) in [4.78, 5) is 11.4. The number of aromatic hydroxyl groups is 2. The minimum Gasteiger partial charge on any atom is -0.504 e. The topological polar surface area (TPSA) is 57.5 Å². The molecule has 0 aliphatic heterocycles. The second-order valence-corrected chi connectivity index (χ2v) is 3.83. The van der Waals surface area contributed by atoms with Crippen molar-refractivity contribution in [2.45, 2.75) is 32.6 Å². The van der Waals surface area contributed by atoms with Crippen LogP contribution < -0.4 is 0 Å². The average Bonchev–Trinajstić information content (AvgIpc) is 2.31. The lowest BCUT2D eigenvalue weighted by Gasteiger charge is -1.96. The summed E-state index contributed by atoms with van der Waals surface area (Å²) >= 11 is 0. The highest BCUT2D eigenvalue weighted by Gasteiger charge is 1.99. The molecule has 0 aliphatic rings. The third-order valence-electron chi connectivity index (χ3n) is 2.33. The van der Waals surface area contributed by atoms with Crippen LogP contribution >= 0.6 is 0 Å². The number of carbonyl (C=O) groups is 1. The SMILES string of the molecule is CCCCCC(=O)C#Cc1ccc(O)c(O)c1. The second kappa shape index (κ2) is 6.59. The van der Waals surface area contributed by atoms with Crippen molar-refractivity contribution >= 4 is 5.78 Å². The van der Waals surface area contributed by atoms with Crippen LogP contribution in [0, 0.1) is 11.8 Å². The monoisotopic (exact) mass is 232 g/mol. The molecular weight excluding hydrogens is 216 g/mol. The number of phenols is 2. The highest BCUT2D eigenvalue weighted by molar-refractivity contribution is 5.95. The minimum atomic E-state index is -0.227. The van der Waals surface area contributed by atoms with Crippen LogP contribution in [-0.2, 0) is 4.79 Å². The van der Waals surface area contributed by atoms with Crippen LogP contribution in [0.5, 0.6) is 11.5 Å².